The van der Waals surface area contributed by atoms with E-state index in [0.717, 1.165) is 27.9 Å². The quantitative estimate of drug-likeness (QED) is 0.422. The molecule has 0 amide bonds. The summed E-state index contributed by atoms with van der Waals surface area (Å²) in [5.41, 5.74) is 4.88. The summed E-state index contributed by atoms with van der Waals surface area (Å²) in [6, 6.07) is 17.6. The summed E-state index contributed by atoms with van der Waals surface area (Å²) in [4.78, 5) is 28.3. The van der Waals surface area contributed by atoms with Gasteiger partial charge in [-0.3, -0.25) is 4.79 Å². The molecule has 4 rings (SSSR count). The number of benzene rings is 2. The summed E-state index contributed by atoms with van der Waals surface area (Å²) in [6.07, 6.45) is 0. The van der Waals surface area contributed by atoms with Crippen LogP contribution in [0.25, 0.3) is 22.2 Å². The molecule has 5 nitrogen and oxygen atoms in total. The lowest BCUT2D eigenvalue weighted by atomic mass is 10.0. The van der Waals surface area contributed by atoms with Crippen LogP contribution in [0.2, 0.25) is 5.02 Å². The molecule has 2 aromatic heterocycles. The average molecular weight is 435 g/mol. The Balaban J connectivity index is 2.02. The number of aromatic nitrogens is 2. The Morgan fingerprint density at radius 3 is 2.39 bits per heavy atom. The highest BCUT2D eigenvalue weighted by atomic mass is 35.5. The summed E-state index contributed by atoms with van der Waals surface area (Å²) in [5, 5.41) is 1.54. The van der Waals surface area contributed by atoms with Crippen molar-refractivity contribution in [3.63, 3.8) is 0 Å². The van der Waals surface area contributed by atoms with Gasteiger partial charge in [-0.15, -0.1) is 0 Å². The lowest BCUT2D eigenvalue weighted by Crippen LogP contribution is -2.21. The van der Waals surface area contributed by atoms with Crippen LogP contribution in [0.3, 0.4) is 0 Å². The number of pyridine rings is 1. The Labute approximate surface area is 185 Å². The summed E-state index contributed by atoms with van der Waals surface area (Å²) in [6.45, 7) is 6.34. The lowest BCUT2D eigenvalue weighted by molar-refractivity contribution is 0.0523. The number of H-pyrrole nitrogens is 1. The predicted octanol–water partition coefficient (Wildman–Crippen LogP) is 5.49. The molecule has 0 spiro atoms. The lowest BCUT2D eigenvalue weighted by Gasteiger charge is -2.12. The van der Waals surface area contributed by atoms with Gasteiger partial charge in [-0.2, -0.15) is 0 Å². The minimum Gasteiger partial charge on any atom is -0.462 e. The summed E-state index contributed by atoms with van der Waals surface area (Å²) < 4.78 is 7.30. The van der Waals surface area contributed by atoms with E-state index >= 15 is 0 Å². The Hall–Kier alpha value is -3.31. The van der Waals surface area contributed by atoms with Crippen LogP contribution in [0.1, 0.15) is 34.1 Å². The molecule has 4 aromatic rings. The zero-order valence-corrected chi connectivity index (χ0v) is 18.4. The third-order valence-corrected chi connectivity index (χ3v) is 5.77. The maximum atomic E-state index is 12.9. The molecule has 0 aliphatic heterocycles. The van der Waals surface area contributed by atoms with E-state index in [1.54, 1.807) is 13.8 Å². The van der Waals surface area contributed by atoms with E-state index in [0.29, 0.717) is 22.6 Å². The van der Waals surface area contributed by atoms with Gasteiger partial charge in [0.05, 0.1) is 17.8 Å². The molecule has 0 atom stereocenters. The third-order valence-electron chi connectivity index (χ3n) is 5.52. The topological polar surface area (TPSA) is 64.1 Å². The highest BCUT2D eigenvalue weighted by Crippen LogP contribution is 2.35. The van der Waals surface area contributed by atoms with Gasteiger partial charge in [-0.05, 0) is 44.0 Å². The minimum atomic E-state index is -0.603. The van der Waals surface area contributed by atoms with Crippen molar-refractivity contribution in [2.75, 3.05) is 6.61 Å². The van der Waals surface area contributed by atoms with Gasteiger partial charge in [0.1, 0.15) is 5.56 Å². The Bertz CT molecular complexity index is 1320. The first-order valence-electron chi connectivity index (χ1n) is 10.1. The maximum Gasteiger partial charge on any atom is 0.344 e. The van der Waals surface area contributed by atoms with Gasteiger partial charge >= 0.3 is 5.97 Å². The molecule has 0 aliphatic carbocycles. The van der Waals surface area contributed by atoms with Crippen molar-refractivity contribution in [1.82, 2.24) is 9.55 Å². The molecule has 31 heavy (non-hydrogen) atoms. The molecule has 1 N–H and O–H groups in total. The first-order chi connectivity index (χ1) is 14.9. The molecule has 0 saturated carbocycles. The van der Waals surface area contributed by atoms with Gasteiger partial charge in [-0.25, -0.2) is 4.79 Å². The van der Waals surface area contributed by atoms with Crippen molar-refractivity contribution in [2.45, 2.75) is 27.3 Å². The number of nitrogens with one attached hydrogen (secondary N) is 1. The molecule has 2 heterocycles. The highest BCUT2D eigenvalue weighted by molar-refractivity contribution is 6.30. The fourth-order valence-electron chi connectivity index (χ4n) is 4.10. The zero-order valence-electron chi connectivity index (χ0n) is 17.7. The number of nitrogens with zero attached hydrogens (tertiary/aromatic N) is 1. The summed E-state index contributed by atoms with van der Waals surface area (Å²) >= 11 is 6.06. The second-order valence-electron chi connectivity index (χ2n) is 7.44. The van der Waals surface area contributed by atoms with Crippen LogP contribution in [0.5, 0.6) is 0 Å². The number of aryl methyl sites for hydroxylation is 2. The van der Waals surface area contributed by atoms with Crippen molar-refractivity contribution in [3.8, 4) is 11.3 Å². The number of ether oxygens (including phenoxy) is 1. The number of halogens is 1. The molecule has 0 radical (unpaired) electrons. The fourth-order valence-corrected chi connectivity index (χ4v) is 4.23. The van der Waals surface area contributed by atoms with Crippen LogP contribution in [-0.4, -0.2) is 22.1 Å². The van der Waals surface area contributed by atoms with Gasteiger partial charge in [0.2, 0.25) is 0 Å². The Morgan fingerprint density at radius 1 is 1.06 bits per heavy atom. The predicted molar refractivity (Wildman–Crippen MR) is 124 cm³/mol. The molecule has 0 aliphatic rings. The molecular formula is C25H23ClN2O3. The number of rotatable bonds is 5. The largest absolute Gasteiger partial charge is 0.462 e. The molecule has 2 aromatic carbocycles. The second-order valence-corrected chi connectivity index (χ2v) is 7.87. The second kappa shape index (κ2) is 8.44. The van der Waals surface area contributed by atoms with E-state index in [1.807, 2.05) is 61.5 Å². The van der Waals surface area contributed by atoms with E-state index in [4.69, 9.17) is 16.3 Å². The van der Waals surface area contributed by atoms with Crippen LogP contribution in [0.15, 0.2) is 59.4 Å². The van der Waals surface area contributed by atoms with E-state index < -0.39 is 11.5 Å². The average Bonchev–Trinajstić information content (AvgIpc) is 3.02. The van der Waals surface area contributed by atoms with E-state index in [2.05, 4.69) is 9.55 Å². The Kier molecular flexibility index (Phi) is 5.70. The molecule has 6 heteroatoms. The van der Waals surface area contributed by atoms with Crippen LogP contribution in [0, 0.1) is 13.8 Å². The number of aromatic amines is 1. The van der Waals surface area contributed by atoms with Gasteiger partial charge in [0.25, 0.3) is 5.56 Å². The summed E-state index contributed by atoms with van der Waals surface area (Å²) in [5.74, 6) is -0.603. The first kappa shape index (κ1) is 20.9. The molecule has 0 bridgehead atoms. The normalized spacial score (nSPS) is 11.1. The van der Waals surface area contributed by atoms with E-state index in [1.165, 1.54) is 0 Å². The van der Waals surface area contributed by atoms with Crippen molar-refractivity contribution in [2.24, 2.45) is 0 Å². The smallest absolute Gasteiger partial charge is 0.344 e. The monoisotopic (exact) mass is 434 g/mol. The van der Waals surface area contributed by atoms with Crippen LogP contribution >= 0.6 is 11.6 Å². The van der Waals surface area contributed by atoms with Crippen LogP contribution in [-0.2, 0) is 11.3 Å². The summed E-state index contributed by atoms with van der Waals surface area (Å²) in [7, 11) is 0. The van der Waals surface area contributed by atoms with E-state index in [9.17, 15) is 9.59 Å². The van der Waals surface area contributed by atoms with E-state index in [-0.39, 0.29) is 12.2 Å². The first-order valence-corrected chi connectivity index (χ1v) is 10.5. The third kappa shape index (κ3) is 3.77. The molecule has 0 unspecified atom stereocenters. The number of fused-ring (bicyclic) bond motifs is 1. The maximum absolute atomic E-state index is 12.9. The SMILES string of the molecule is CCOC(=O)c1c(C)c2c(C)n(Cc3ccc(Cl)cc3)c(-c3ccccc3)c2[nH]c1=O. The van der Waals surface area contributed by atoms with Crippen molar-refractivity contribution >= 4 is 28.5 Å². The van der Waals surface area contributed by atoms with Crippen LogP contribution < -0.4 is 5.56 Å². The van der Waals surface area contributed by atoms with Crippen molar-refractivity contribution in [1.29, 1.82) is 0 Å². The molecule has 0 fully saturated rings. The van der Waals surface area contributed by atoms with Gasteiger partial charge < -0.3 is 14.3 Å². The fraction of sp³-hybridized carbons (Fsp3) is 0.200. The standard InChI is InChI=1S/C25H23ClN2O3/c1-4-31-25(30)21-15(2)20-16(3)28(14-17-10-12-19(26)13-11-17)23(22(20)27-24(21)29)18-8-6-5-7-9-18/h5-13H,4,14H2,1-3H3,(H,27,29). The number of hydrogen-bond donors (Lipinski definition) is 1. The molecule has 0 saturated heterocycles. The van der Waals surface area contributed by atoms with Gasteiger partial charge in [0, 0.05) is 28.2 Å². The number of carbonyl (C=O) groups excluding carboxylic acids is 1. The van der Waals surface area contributed by atoms with Crippen LogP contribution in [0.4, 0.5) is 0 Å². The zero-order chi connectivity index (χ0) is 22.1. The number of carbonyl (C=O) groups is 1. The van der Waals surface area contributed by atoms with Gasteiger partial charge in [-0.1, -0.05) is 54.1 Å². The Morgan fingerprint density at radius 2 is 1.74 bits per heavy atom. The van der Waals surface area contributed by atoms with Crippen molar-refractivity contribution in [3.05, 3.63) is 92.4 Å². The van der Waals surface area contributed by atoms with Gasteiger partial charge in [0.15, 0.2) is 0 Å². The molecule has 158 valence electrons. The van der Waals surface area contributed by atoms with Crippen molar-refractivity contribution < 1.29 is 9.53 Å². The number of esters is 1. The molecular weight excluding hydrogens is 412 g/mol. The highest BCUT2D eigenvalue weighted by Gasteiger charge is 2.24. The minimum absolute atomic E-state index is 0.0562. The number of hydrogen-bond acceptors (Lipinski definition) is 3.